The van der Waals surface area contributed by atoms with Crippen LogP contribution in [0.2, 0.25) is 0 Å². The zero-order valence-electron chi connectivity index (χ0n) is 12.5. The van der Waals surface area contributed by atoms with Crippen molar-refractivity contribution in [1.29, 1.82) is 0 Å². The number of para-hydroxylation sites is 1. The molecule has 5 nitrogen and oxygen atoms in total. The van der Waals surface area contributed by atoms with Crippen LogP contribution in [0.3, 0.4) is 0 Å². The lowest BCUT2D eigenvalue weighted by atomic mass is 10.1. The molecule has 0 fully saturated rings. The second-order valence-electron chi connectivity index (χ2n) is 4.88. The number of nitrogens with zero attached hydrogens (tertiary/aromatic N) is 1. The van der Waals surface area contributed by atoms with Crippen molar-refractivity contribution in [2.24, 2.45) is 0 Å². The summed E-state index contributed by atoms with van der Waals surface area (Å²) < 4.78 is 5.34. The fourth-order valence-corrected chi connectivity index (χ4v) is 2.14. The van der Waals surface area contributed by atoms with Gasteiger partial charge in [-0.2, -0.15) is 0 Å². The second kappa shape index (κ2) is 8.40. The molecule has 0 amide bonds. The van der Waals surface area contributed by atoms with E-state index in [1.807, 2.05) is 13.8 Å². The Labute approximate surface area is 120 Å². The van der Waals surface area contributed by atoms with Crippen LogP contribution < -0.4 is 10.1 Å². The molecule has 0 saturated heterocycles. The average Bonchev–Trinajstić information content (AvgIpc) is 2.39. The number of nitrogens with one attached hydrogen (secondary N) is 1. The van der Waals surface area contributed by atoms with Gasteiger partial charge in [0.05, 0.1) is 11.5 Å². The summed E-state index contributed by atoms with van der Waals surface area (Å²) in [7, 11) is 0. The van der Waals surface area contributed by atoms with Crippen LogP contribution in [0.5, 0.6) is 5.75 Å². The molecule has 5 heteroatoms. The van der Waals surface area contributed by atoms with Gasteiger partial charge in [0.25, 0.3) is 0 Å². The summed E-state index contributed by atoms with van der Waals surface area (Å²) in [6.07, 6.45) is 4.49. The first-order chi connectivity index (χ1) is 9.60. The van der Waals surface area contributed by atoms with Crippen molar-refractivity contribution >= 4 is 11.4 Å². The maximum Gasteiger partial charge on any atom is 0.333 e. The molecule has 0 radical (unpaired) electrons. The molecule has 0 aliphatic carbocycles. The van der Waals surface area contributed by atoms with Gasteiger partial charge in [0, 0.05) is 6.04 Å². The number of ether oxygens (including phenoxy) is 1. The van der Waals surface area contributed by atoms with Gasteiger partial charge in [-0.15, -0.1) is 0 Å². The van der Waals surface area contributed by atoms with E-state index in [-0.39, 0.29) is 16.7 Å². The molecule has 0 spiro atoms. The van der Waals surface area contributed by atoms with Crippen LogP contribution >= 0.6 is 0 Å². The minimum Gasteiger partial charge on any atom is -0.487 e. The van der Waals surface area contributed by atoms with Gasteiger partial charge in [0.15, 0.2) is 5.75 Å². The van der Waals surface area contributed by atoms with Gasteiger partial charge < -0.3 is 10.1 Å². The topological polar surface area (TPSA) is 64.4 Å². The summed E-state index contributed by atoms with van der Waals surface area (Å²) >= 11 is 0. The van der Waals surface area contributed by atoms with Crippen molar-refractivity contribution < 1.29 is 9.66 Å². The molecule has 0 aromatic heterocycles. The normalized spacial score (nSPS) is 11.9. The molecule has 0 bridgehead atoms. The highest BCUT2D eigenvalue weighted by atomic mass is 16.6. The second-order valence-corrected chi connectivity index (χ2v) is 4.88. The first kappa shape index (κ1) is 16.3. The molecule has 1 unspecified atom stereocenters. The number of benzene rings is 1. The molecule has 0 aliphatic heterocycles. The standard InChI is InChI=1S/C15H24N2O3/c1-4-6-7-9-12(3)16-13-10-8-11-14(20-5-2)15(13)17(18)19/h8,10-12,16H,4-7,9H2,1-3H3. The van der Waals surface area contributed by atoms with E-state index in [0.717, 1.165) is 12.8 Å². The van der Waals surface area contributed by atoms with Gasteiger partial charge in [-0.25, -0.2) is 0 Å². The highest BCUT2D eigenvalue weighted by molar-refractivity contribution is 5.68. The van der Waals surface area contributed by atoms with E-state index in [0.29, 0.717) is 18.0 Å². The summed E-state index contributed by atoms with van der Waals surface area (Å²) in [5.74, 6) is 0.322. The fraction of sp³-hybridized carbons (Fsp3) is 0.600. The number of rotatable bonds is 9. The molecule has 112 valence electrons. The monoisotopic (exact) mass is 280 g/mol. The average molecular weight is 280 g/mol. The van der Waals surface area contributed by atoms with Gasteiger partial charge in [-0.1, -0.05) is 32.3 Å². The summed E-state index contributed by atoms with van der Waals surface area (Å²) in [4.78, 5) is 10.9. The molecule has 20 heavy (non-hydrogen) atoms. The highest BCUT2D eigenvalue weighted by Gasteiger charge is 2.21. The predicted octanol–water partition coefficient (Wildman–Crippen LogP) is 4.37. The summed E-state index contributed by atoms with van der Waals surface area (Å²) in [6, 6.07) is 5.35. The zero-order chi connectivity index (χ0) is 15.0. The van der Waals surface area contributed by atoms with Crippen LogP contribution in [-0.2, 0) is 0 Å². The van der Waals surface area contributed by atoms with Crippen LogP contribution in [0.4, 0.5) is 11.4 Å². The number of unbranched alkanes of at least 4 members (excludes halogenated alkanes) is 2. The lowest BCUT2D eigenvalue weighted by Crippen LogP contribution is -2.16. The van der Waals surface area contributed by atoms with Crippen LogP contribution in [0.15, 0.2) is 18.2 Å². The van der Waals surface area contributed by atoms with Crippen LogP contribution in [-0.4, -0.2) is 17.6 Å². The Morgan fingerprint density at radius 3 is 2.70 bits per heavy atom. The zero-order valence-corrected chi connectivity index (χ0v) is 12.5. The number of hydrogen-bond donors (Lipinski definition) is 1. The smallest absolute Gasteiger partial charge is 0.333 e. The third-order valence-corrected chi connectivity index (χ3v) is 3.12. The van der Waals surface area contributed by atoms with Crippen LogP contribution in [0, 0.1) is 10.1 Å². The predicted molar refractivity (Wildman–Crippen MR) is 81.5 cm³/mol. The molecule has 1 aromatic carbocycles. The van der Waals surface area contributed by atoms with E-state index in [1.165, 1.54) is 12.8 Å². The number of nitro benzene ring substituents is 1. The van der Waals surface area contributed by atoms with E-state index in [2.05, 4.69) is 12.2 Å². The van der Waals surface area contributed by atoms with Crippen molar-refractivity contribution in [3.63, 3.8) is 0 Å². The minimum atomic E-state index is -0.383. The third-order valence-electron chi connectivity index (χ3n) is 3.12. The Hall–Kier alpha value is -1.78. The van der Waals surface area contributed by atoms with Crippen molar-refractivity contribution in [1.82, 2.24) is 0 Å². The first-order valence-electron chi connectivity index (χ1n) is 7.26. The van der Waals surface area contributed by atoms with Gasteiger partial charge in [0.1, 0.15) is 5.69 Å². The lowest BCUT2D eigenvalue weighted by molar-refractivity contribution is -0.385. The van der Waals surface area contributed by atoms with E-state index in [9.17, 15) is 10.1 Å². The van der Waals surface area contributed by atoms with Crippen molar-refractivity contribution in [3.05, 3.63) is 28.3 Å². The van der Waals surface area contributed by atoms with Crippen molar-refractivity contribution in [3.8, 4) is 5.75 Å². The van der Waals surface area contributed by atoms with Crippen LogP contribution in [0.25, 0.3) is 0 Å². The van der Waals surface area contributed by atoms with Gasteiger partial charge >= 0.3 is 5.69 Å². The van der Waals surface area contributed by atoms with E-state index >= 15 is 0 Å². The Kier molecular flexibility index (Phi) is 6.84. The molecular formula is C15H24N2O3. The van der Waals surface area contributed by atoms with Crippen molar-refractivity contribution in [2.75, 3.05) is 11.9 Å². The molecule has 1 N–H and O–H groups in total. The number of hydrogen-bond acceptors (Lipinski definition) is 4. The number of anilines is 1. The summed E-state index contributed by atoms with van der Waals surface area (Å²) in [6.45, 7) is 6.44. The van der Waals surface area contributed by atoms with E-state index < -0.39 is 0 Å². The highest BCUT2D eigenvalue weighted by Crippen LogP contribution is 2.35. The van der Waals surface area contributed by atoms with Crippen LogP contribution in [0.1, 0.15) is 46.5 Å². The quantitative estimate of drug-likeness (QED) is 0.414. The largest absolute Gasteiger partial charge is 0.487 e. The molecular weight excluding hydrogens is 256 g/mol. The van der Waals surface area contributed by atoms with Gasteiger partial charge in [-0.05, 0) is 32.4 Å². The van der Waals surface area contributed by atoms with Crippen molar-refractivity contribution in [2.45, 2.75) is 52.5 Å². The maximum absolute atomic E-state index is 11.2. The Bertz CT molecular complexity index is 435. The minimum absolute atomic E-state index is 0.0247. The Morgan fingerprint density at radius 1 is 1.35 bits per heavy atom. The van der Waals surface area contributed by atoms with Gasteiger partial charge in [0.2, 0.25) is 0 Å². The SMILES string of the molecule is CCCCCC(C)Nc1cccc(OCC)c1[N+](=O)[O-]. The molecule has 1 aromatic rings. The summed E-state index contributed by atoms with van der Waals surface area (Å²) in [5.41, 5.74) is 0.557. The first-order valence-corrected chi connectivity index (χ1v) is 7.26. The van der Waals surface area contributed by atoms with E-state index in [4.69, 9.17) is 4.74 Å². The molecule has 0 heterocycles. The third kappa shape index (κ3) is 4.72. The molecule has 0 saturated carbocycles. The molecule has 1 atom stereocenters. The maximum atomic E-state index is 11.2. The Balaban J connectivity index is 2.83. The van der Waals surface area contributed by atoms with E-state index in [1.54, 1.807) is 18.2 Å². The summed E-state index contributed by atoms with van der Waals surface area (Å²) in [5, 5.41) is 14.5. The number of nitro groups is 1. The fourth-order valence-electron chi connectivity index (χ4n) is 2.14. The molecule has 0 aliphatic rings. The lowest BCUT2D eigenvalue weighted by Gasteiger charge is -2.16. The Morgan fingerprint density at radius 2 is 2.10 bits per heavy atom. The van der Waals surface area contributed by atoms with Gasteiger partial charge in [-0.3, -0.25) is 10.1 Å². The molecule has 1 rings (SSSR count).